The highest BCUT2D eigenvalue weighted by Gasteiger charge is 2.24. The number of carbonyl (C=O) groups is 1. The Balaban J connectivity index is 1.59. The van der Waals surface area contributed by atoms with Crippen molar-refractivity contribution in [3.63, 3.8) is 0 Å². The molecule has 0 spiro atoms. The van der Waals surface area contributed by atoms with Crippen molar-refractivity contribution < 1.29 is 14.0 Å². The van der Waals surface area contributed by atoms with Gasteiger partial charge in [-0.25, -0.2) is 9.87 Å². The molecule has 2 aromatic carbocycles. The zero-order valence-corrected chi connectivity index (χ0v) is 14.8. The Hall–Kier alpha value is -2.70. The third-order valence-electron chi connectivity index (χ3n) is 5.56. The first-order valence-corrected chi connectivity index (χ1v) is 9.28. The normalized spacial score (nSPS) is 19.7. The van der Waals surface area contributed by atoms with Crippen molar-refractivity contribution in [2.45, 2.75) is 25.4 Å². The molecule has 1 aromatic heterocycles. The quantitative estimate of drug-likeness (QED) is 0.650. The van der Waals surface area contributed by atoms with E-state index < -0.39 is 11.7 Å². The molecule has 6 heteroatoms. The molecule has 5 nitrogen and oxygen atoms in total. The fraction of sp³-hybridized carbons (Fsp3) is 0.286. The SMILES string of the molecule is O=C1NOCc2c(-c3ccc([C@@H]4CCCNC4)cc3)[nH]c3cc(F)cc1c23. The van der Waals surface area contributed by atoms with Gasteiger partial charge in [-0.05, 0) is 48.6 Å². The minimum absolute atomic E-state index is 0.230. The summed E-state index contributed by atoms with van der Waals surface area (Å²) >= 11 is 0. The van der Waals surface area contributed by atoms with Crippen LogP contribution in [-0.2, 0) is 11.4 Å². The summed E-state index contributed by atoms with van der Waals surface area (Å²) in [5.74, 6) is -0.332. The van der Waals surface area contributed by atoms with Gasteiger partial charge in [-0.1, -0.05) is 24.3 Å². The predicted octanol–water partition coefficient (Wildman–Crippen LogP) is 3.62. The minimum Gasteiger partial charge on any atom is -0.354 e. The zero-order valence-electron chi connectivity index (χ0n) is 14.8. The first-order valence-electron chi connectivity index (χ1n) is 9.28. The van der Waals surface area contributed by atoms with Gasteiger partial charge < -0.3 is 10.3 Å². The number of amides is 1. The van der Waals surface area contributed by atoms with Gasteiger partial charge in [0, 0.05) is 23.0 Å². The van der Waals surface area contributed by atoms with E-state index in [4.69, 9.17) is 4.84 Å². The number of halogens is 1. The molecule has 2 aliphatic heterocycles. The predicted molar refractivity (Wildman–Crippen MR) is 101 cm³/mol. The molecule has 1 fully saturated rings. The summed E-state index contributed by atoms with van der Waals surface area (Å²) in [7, 11) is 0. The molecule has 27 heavy (non-hydrogen) atoms. The van der Waals surface area contributed by atoms with Crippen LogP contribution in [0.25, 0.3) is 22.2 Å². The standard InChI is InChI=1S/C21H20FN3O2/c22-15-8-16-19-17(11-27-25-21(16)26)20(24-18(19)9-15)13-5-3-12(4-6-13)14-2-1-7-23-10-14/h3-6,8-9,14,23-24H,1-2,7,10-11H2,(H,25,26)/t14-/m1/s1. The van der Waals surface area contributed by atoms with Crippen molar-refractivity contribution in [3.8, 4) is 11.3 Å². The molecule has 0 radical (unpaired) electrons. The number of aromatic nitrogens is 1. The number of hydrogen-bond acceptors (Lipinski definition) is 3. The van der Waals surface area contributed by atoms with Gasteiger partial charge in [0.1, 0.15) is 12.4 Å². The largest absolute Gasteiger partial charge is 0.354 e. The molecule has 1 atom stereocenters. The number of hydroxylamine groups is 1. The summed E-state index contributed by atoms with van der Waals surface area (Å²) in [6.07, 6.45) is 2.40. The summed E-state index contributed by atoms with van der Waals surface area (Å²) < 4.78 is 14.0. The lowest BCUT2D eigenvalue weighted by Gasteiger charge is -2.23. The second kappa shape index (κ2) is 6.48. The minimum atomic E-state index is -0.450. The van der Waals surface area contributed by atoms with E-state index >= 15 is 0 Å². The fourth-order valence-corrected chi connectivity index (χ4v) is 4.22. The highest BCUT2D eigenvalue weighted by atomic mass is 19.1. The molecular weight excluding hydrogens is 345 g/mol. The van der Waals surface area contributed by atoms with Gasteiger partial charge in [0.2, 0.25) is 0 Å². The van der Waals surface area contributed by atoms with Gasteiger partial charge in [0.25, 0.3) is 5.91 Å². The molecule has 0 saturated carbocycles. The number of nitrogens with one attached hydrogen (secondary N) is 3. The van der Waals surface area contributed by atoms with Crippen LogP contribution >= 0.6 is 0 Å². The van der Waals surface area contributed by atoms with E-state index in [2.05, 4.69) is 40.0 Å². The van der Waals surface area contributed by atoms with E-state index in [1.165, 1.54) is 30.5 Å². The topological polar surface area (TPSA) is 66.2 Å². The maximum absolute atomic E-state index is 14.0. The van der Waals surface area contributed by atoms with Gasteiger partial charge in [0.05, 0.1) is 11.3 Å². The molecule has 1 amide bonds. The summed E-state index contributed by atoms with van der Waals surface area (Å²) in [5.41, 5.74) is 7.33. The van der Waals surface area contributed by atoms with Crippen LogP contribution in [0.4, 0.5) is 4.39 Å². The number of rotatable bonds is 2. The van der Waals surface area contributed by atoms with E-state index in [1.54, 1.807) is 0 Å². The smallest absolute Gasteiger partial charge is 0.275 e. The number of aromatic amines is 1. The van der Waals surface area contributed by atoms with Gasteiger partial charge in [-0.15, -0.1) is 0 Å². The first kappa shape index (κ1) is 16.5. The molecule has 3 heterocycles. The van der Waals surface area contributed by atoms with Crippen molar-refractivity contribution in [2.24, 2.45) is 0 Å². The van der Waals surface area contributed by atoms with E-state index in [-0.39, 0.29) is 6.61 Å². The Kier molecular flexibility index (Phi) is 3.95. The van der Waals surface area contributed by atoms with Crippen molar-refractivity contribution in [1.29, 1.82) is 0 Å². The second-order valence-corrected chi connectivity index (χ2v) is 7.24. The lowest BCUT2D eigenvalue weighted by Crippen LogP contribution is -2.28. The molecule has 5 rings (SSSR count). The van der Waals surface area contributed by atoms with Crippen LogP contribution in [0, 0.1) is 5.82 Å². The number of piperidine rings is 1. The highest BCUT2D eigenvalue weighted by Crippen LogP contribution is 2.35. The molecule has 138 valence electrons. The van der Waals surface area contributed by atoms with E-state index in [0.29, 0.717) is 17.0 Å². The Morgan fingerprint density at radius 2 is 2.00 bits per heavy atom. The molecule has 2 aliphatic rings. The summed E-state index contributed by atoms with van der Waals surface area (Å²) in [6, 6.07) is 11.2. The van der Waals surface area contributed by atoms with Gasteiger partial charge in [0.15, 0.2) is 0 Å². The molecule has 0 bridgehead atoms. The zero-order chi connectivity index (χ0) is 18.4. The van der Waals surface area contributed by atoms with Gasteiger partial charge in [-0.2, -0.15) is 0 Å². The number of H-pyrrole nitrogens is 1. The van der Waals surface area contributed by atoms with Gasteiger partial charge in [-0.3, -0.25) is 9.63 Å². The average molecular weight is 365 g/mol. The molecule has 0 unspecified atom stereocenters. The van der Waals surface area contributed by atoms with Crippen LogP contribution in [-0.4, -0.2) is 24.0 Å². The lowest BCUT2D eigenvalue weighted by molar-refractivity contribution is 0.0255. The summed E-state index contributed by atoms with van der Waals surface area (Å²) in [4.78, 5) is 20.8. The summed E-state index contributed by atoms with van der Waals surface area (Å²) in [6.45, 7) is 2.34. The van der Waals surface area contributed by atoms with Crippen molar-refractivity contribution in [2.75, 3.05) is 13.1 Å². The molecule has 1 saturated heterocycles. The Morgan fingerprint density at radius 3 is 2.78 bits per heavy atom. The van der Waals surface area contributed by atoms with Gasteiger partial charge >= 0.3 is 0 Å². The third-order valence-corrected chi connectivity index (χ3v) is 5.56. The molecular formula is C21H20FN3O2. The first-order chi connectivity index (χ1) is 13.2. The summed E-state index contributed by atoms with van der Waals surface area (Å²) in [5, 5.41) is 4.17. The van der Waals surface area contributed by atoms with Crippen LogP contribution in [0.1, 0.15) is 40.2 Å². The lowest BCUT2D eigenvalue weighted by atomic mass is 9.90. The van der Waals surface area contributed by atoms with E-state index in [1.807, 2.05) is 0 Å². The monoisotopic (exact) mass is 365 g/mol. The van der Waals surface area contributed by atoms with Crippen LogP contribution in [0.5, 0.6) is 0 Å². The highest BCUT2D eigenvalue weighted by molar-refractivity contribution is 6.09. The van der Waals surface area contributed by atoms with Crippen molar-refractivity contribution in [3.05, 3.63) is 58.9 Å². The average Bonchev–Trinajstić information content (AvgIpc) is 2.97. The number of carbonyl (C=O) groups excluding carboxylic acids is 1. The maximum Gasteiger partial charge on any atom is 0.275 e. The van der Waals surface area contributed by atoms with Crippen molar-refractivity contribution in [1.82, 2.24) is 15.8 Å². The van der Waals surface area contributed by atoms with E-state index in [0.717, 1.165) is 35.3 Å². The fourth-order valence-electron chi connectivity index (χ4n) is 4.22. The third kappa shape index (κ3) is 2.81. The number of benzene rings is 2. The Labute approximate surface area is 155 Å². The van der Waals surface area contributed by atoms with E-state index in [9.17, 15) is 9.18 Å². The van der Waals surface area contributed by atoms with Crippen LogP contribution in [0.3, 0.4) is 0 Å². The van der Waals surface area contributed by atoms with Crippen molar-refractivity contribution >= 4 is 16.8 Å². The second-order valence-electron chi connectivity index (χ2n) is 7.24. The Bertz CT molecular complexity index is 1020. The molecule has 0 aliphatic carbocycles. The maximum atomic E-state index is 14.0. The Morgan fingerprint density at radius 1 is 1.15 bits per heavy atom. The van der Waals surface area contributed by atoms with Crippen LogP contribution < -0.4 is 10.8 Å². The molecule has 3 N–H and O–H groups in total. The van der Waals surface area contributed by atoms with Crippen LogP contribution in [0.15, 0.2) is 36.4 Å². The van der Waals surface area contributed by atoms with Crippen LogP contribution in [0.2, 0.25) is 0 Å². The molecule has 3 aromatic rings. The number of hydrogen-bond donors (Lipinski definition) is 3.